The molecule has 0 spiro atoms. The van der Waals surface area contributed by atoms with Gasteiger partial charge in [-0.3, -0.25) is 0 Å². The first-order valence-electron chi connectivity index (χ1n) is 6.96. The molecule has 0 aliphatic carbocycles. The van der Waals surface area contributed by atoms with Crippen molar-refractivity contribution in [2.75, 3.05) is 13.3 Å². The van der Waals surface area contributed by atoms with Crippen molar-refractivity contribution in [1.29, 1.82) is 0 Å². The van der Waals surface area contributed by atoms with Gasteiger partial charge in [-0.1, -0.05) is 54.6 Å². The number of halogens is 5. The van der Waals surface area contributed by atoms with Crippen molar-refractivity contribution in [3.05, 3.63) is 60.2 Å². The molecule has 0 aliphatic heterocycles. The third kappa shape index (κ3) is 4.28. The van der Waals surface area contributed by atoms with Crippen LogP contribution in [0.15, 0.2) is 54.6 Å². The maximum Gasteiger partial charge on any atom is 0.451 e. The van der Waals surface area contributed by atoms with Gasteiger partial charge in [-0.2, -0.15) is 17.6 Å². The Morgan fingerprint density at radius 2 is 1.35 bits per heavy atom. The molecule has 2 aromatic rings. The fourth-order valence-corrected chi connectivity index (χ4v) is 2.02. The molecule has 0 saturated heterocycles. The number of alkyl halides is 5. The summed E-state index contributed by atoms with van der Waals surface area (Å²) in [6.45, 7) is -2.83. The molecule has 1 atom stereocenters. The first-order valence-corrected chi connectivity index (χ1v) is 6.96. The minimum atomic E-state index is -5.39. The van der Waals surface area contributed by atoms with Crippen LogP contribution >= 0.6 is 0 Å². The second-order valence-electron chi connectivity index (χ2n) is 5.02. The van der Waals surface area contributed by atoms with Crippen molar-refractivity contribution in [2.45, 2.75) is 18.5 Å². The molecule has 1 unspecified atom stereocenters. The van der Waals surface area contributed by atoms with Gasteiger partial charge in [0.05, 0.1) is 6.61 Å². The van der Waals surface area contributed by atoms with Crippen molar-refractivity contribution in [1.82, 2.24) is 0 Å². The summed E-state index contributed by atoms with van der Waals surface area (Å²) in [6, 6.07) is 16.6. The van der Waals surface area contributed by atoms with Crippen molar-refractivity contribution < 1.29 is 26.7 Å². The second-order valence-corrected chi connectivity index (χ2v) is 5.02. The molecule has 2 aromatic carbocycles. The van der Waals surface area contributed by atoms with Crippen molar-refractivity contribution in [3.8, 4) is 11.1 Å². The maximum absolute atomic E-state index is 13.3. The third-order valence-corrected chi connectivity index (χ3v) is 3.38. The van der Waals surface area contributed by atoms with E-state index in [2.05, 4.69) is 4.74 Å². The Hall–Kier alpha value is -1.95. The average Bonchev–Trinajstić information content (AvgIpc) is 2.55. The SMILES string of the molecule is FCC(F)(OCCc1ccc(-c2ccccc2)cc1)C(F)(F)F. The van der Waals surface area contributed by atoms with E-state index in [0.29, 0.717) is 5.56 Å². The molecule has 0 aromatic heterocycles. The molecule has 2 rings (SSSR count). The lowest BCUT2D eigenvalue weighted by Crippen LogP contribution is -2.46. The standard InChI is InChI=1S/C17H15F5O/c18-12-16(19,17(20,21)22)23-11-10-13-6-8-15(9-7-13)14-4-2-1-3-5-14/h1-9H,10-12H2. The van der Waals surface area contributed by atoms with Gasteiger partial charge in [-0.15, -0.1) is 0 Å². The Bertz CT molecular complexity index is 609. The Balaban J connectivity index is 1.95. The molecule has 0 bridgehead atoms. The van der Waals surface area contributed by atoms with E-state index in [-0.39, 0.29) is 6.42 Å². The Morgan fingerprint density at radius 1 is 0.783 bits per heavy atom. The van der Waals surface area contributed by atoms with Gasteiger partial charge in [-0.25, -0.2) is 4.39 Å². The highest BCUT2D eigenvalue weighted by molar-refractivity contribution is 5.63. The van der Waals surface area contributed by atoms with Crippen LogP contribution in [0.5, 0.6) is 0 Å². The summed E-state index contributed by atoms with van der Waals surface area (Å²) in [6.07, 6.45) is -5.34. The summed E-state index contributed by atoms with van der Waals surface area (Å²) in [5, 5.41) is 0. The molecule has 0 amide bonds. The van der Waals surface area contributed by atoms with Crippen LogP contribution in [0.4, 0.5) is 22.0 Å². The van der Waals surface area contributed by atoms with E-state index in [4.69, 9.17) is 0 Å². The summed E-state index contributed by atoms with van der Waals surface area (Å²) < 4.78 is 66.7. The fraction of sp³-hybridized carbons (Fsp3) is 0.294. The first-order chi connectivity index (χ1) is 10.9. The molecule has 0 heterocycles. The van der Waals surface area contributed by atoms with Crippen LogP contribution in [0.2, 0.25) is 0 Å². The molecule has 0 radical (unpaired) electrons. The van der Waals surface area contributed by atoms with Crippen molar-refractivity contribution in [3.63, 3.8) is 0 Å². The Labute approximate surface area is 130 Å². The quantitative estimate of drug-likeness (QED) is 0.669. The zero-order valence-corrected chi connectivity index (χ0v) is 12.1. The summed E-state index contributed by atoms with van der Waals surface area (Å²) in [5.74, 6) is -4.24. The van der Waals surface area contributed by atoms with E-state index in [1.807, 2.05) is 42.5 Å². The number of benzene rings is 2. The first kappa shape index (κ1) is 17.4. The van der Waals surface area contributed by atoms with Crippen LogP contribution in [0.1, 0.15) is 5.56 Å². The lowest BCUT2D eigenvalue weighted by atomic mass is 10.0. The van der Waals surface area contributed by atoms with Crippen LogP contribution in [-0.2, 0) is 11.2 Å². The zero-order valence-electron chi connectivity index (χ0n) is 12.1. The number of ether oxygens (including phenoxy) is 1. The predicted octanol–water partition coefficient (Wildman–Crippen LogP) is 5.11. The minimum Gasteiger partial charge on any atom is -0.337 e. The highest BCUT2D eigenvalue weighted by Crippen LogP contribution is 2.35. The van der Waals surface area contributed by atoms with Crippen LogP contribution < -0.4 is 0 Å². The smallest absolute Gasteiger partial charge is 0.337 e. The van der Waals surface area contributed by atoms with E-state index < -0.39 is 25.3 Å². The Kier molecular flexibility index (Phi) is 5.36. The minimum absolute atomic E-state index is 0.0524. The number of hydrogen-bond donors (Lipinski definition) is 0. The van der Waals surface area contributed by atoms with E-state index in [1.54, 1.807) is 12.1 Å². The normalized spacial score (nSPS) is 14.5. The zero-order chi connectivity index (χ0) is 16.9. The van der Waals surface area contributed by atoms with Gasteiger partial charge in [-0.05, 0) is 23.1 Å². The second kappa shape index (κ2) is 7.08. The molecular formula is C17H15F5O. The third-order valence-electron chi connectivity index (χ3n) is 3.38. The summed E-state index contributed by atoms with van der Waals surface area (Å²) in [5.41, 5.74) is 2.63. The Morgan fingerprint density at radius 3 is 1.87 bits per heavy atom. The highest BCUT2D eigenvalue weighted by Gasteiger charge is 2.58. The molecule has 0 saturated carbocycles. The summed E-state index contributed by atoms with van der Waals surface area (Å²) in [7, 11) is 0. The molecule has 6 heteroatoms. The molecule has 0 fully saturated rings. The predicted molar refractivity (Wildman–Crippen MR) is 77.4 cm³/mol. The van der Waals surface area contributed by atoms with E-state index in [9.17, 15) is 22.0 Å². The lowest BCUT2D eigenvalue weighted by Gasteiger charge is -2.24. The molecular weight excluding hydrogens is 315 g/mol. The molecule has 0 aliphatic rings. The number of hydrogen-bond acceptors (Lipinski definition) is 1. The van der Waals surface area contributed by atoms with Gasteiger partial charge in [0, 0.05) is 0 Å². The highest BCUT2D eigenvalue weighted by atomic mass is 19.4. The topological polar surface area (TPSA) is 9.23 Å². The van der Waals surface area contributed by atoms with Gasteiger partial charge in [0.25, 0.3) is 0 Å². The van der Waals surface area contributed by atoms with Crippen LogP contribution in [-0.4, -0.2) is 25.3 Å². The van der Waals surface area contributed by atoms with E-state index in [0.717, 1.165) is 11.1 Å². The molecule has 0 N–H and O–H groups in total. The summed E-state index contributed by atoms with van der Waals surface area (Å²) >= 11 is 0. The average molecular weight is 330 g/mol. The molecule has 1 nitrogen and oxygen atoms in total. The maximum atomic E-state index is 13.3. The van der Waals surface area contributed by atoms with Gasteiger partial charge in [0.2, 0.25) is 0 Å². The summed E-state index contributed by atoms with van der Waals surface area (Å²) in [4.78, 5) is 0. The van der Waals surface area contributed by atoms with Gasteiger partial charge < -0.3 is 4.74 Å². The lowest BCUT2D eigenvalue weighted by molar-refractivity contribution is -0.336. The molecule has 124 valence electrons. The van der Waals surface area contributed by atoms with Gasteiger partial charge in [0.1, 0.15) is 0 Å². The largest absolute Gasteiger partial charge is 0.451 e. The van der Waals surface area contributed by atoms with Crippen molar-refractivity contribution >= 4 is 0 Å². The monoisotopic (exact) mass is 330 g/mol. The van der Waals surface area contributed by atoms with E-state index in [1.165, 1.54) is 0 Å². The van der Waals surface area contributed by atoms with Gasteiger partial charge in [0.15, 0.2) is 6.67 Å². The van der Waals surface area contributed by atoms with Crippen molar-refractivity contribution in [2.24, 2.45) is 0 Å². The van der Waals surface area contributed by atoms with Crippen LogP contribution in [0, 0.1) is 0 Å². The number of rotatable bonds is 6. The van der Waals surface area contributed by atoms with Crippen LogP contribution in [0.3, 0.4) is 0 Å². The molecule has 23 heavy (non-hydrogen) atoms. The fourth-order valence-electron chi connectivity index (χ4n) is 2.02. The van der Waals surface area contributed by atoms with Crippen LogP contribution in [0.25, 0.3) is 11.1 Å². The van der Waals surface area contributed by atoms with E-state index >= 15 is 0 Å². The van der Waals surface area contributed by atoms with Gasteiger partial charge >= 0.3 is 12.0 Å².